The SMILES string of the molecule is C/C(=N\NC(=O)c1ccc(C(=O)NCC(=O)O)s1)c1nn(C)c(-c2ccc(C(F)(F)F)cc2)c1O. The summed E-state index contributed by atoms with van der Waals surface area (Å²) in [5.74, 6) is -2.86. The Kier molecular flexibility index (Phi) is 7.24. The van der Waals surface area contributed by atoms with Crippen molar-refractivity contribution < 1.29 is 37.8 Å². The molecule has 0 aliphatic carbocycles. The van der Waals surface area contributed by atoms with Gasteiger partial charge in [-0.25, -0.2) is 5.43 Å². The summed E-state index contributed by atoms with van der Waals surface area (Å²) < 4.78 is 39.7. The van der Waals surface area contributed by atoms with Crippen LogP contribution < -0.4 is 10.7 Å². The Morgan fingerprint density at radius 3 is 2.26 bits per heavy atom. The van der Waals surface area contributed by atoms with Gasteiger partial charge in [-0.2, -0.15) is 23.4 Å². The van der Waals surface area contributed by atoms with E-state index in [1.165, 1.54) is 42.9 Å². The Morgan fingerprint density at radius 1 is 1.09 bits per heavy atom. The number of aliphatic carboxylic acids is 1. The molecule has 0 aliphatic rings. The van der Waals surface area contributed by atoms with Gasteiger partial charge in [0.1, 0.15) is 12.2 Å². The molecule has 4 N–H and O–H groups in total. The molecule has 0 atom stereocenters. The lowest BCUT2D eigenvalue weighted by Gasteiger charge is -2.08. The quantitative estimate of drug-likeness (QED) is 0.285. The fourth-order valence-corrected chi connectivity index (χ4v) is 3.78. The average Bonchev–Trinajstić information content (AvgIpc) is 3.40. The number of alkyl halides is 3. The number of carboxylic acid groups (broad SMARTS) is 1. The number of carboxylic acids is 1. The average molecular weight is 509 g/mol. The fraction of sp³-hybridized carbons (Fsp3) is 0.190. The molecule has 184 valence electrons. The van der Waals surface area contributed by atoms with Gasteiger partial charge in [-0.15, -0.1) is 11.3 Å². The highest BCUT2D eigenvalue weighted by Crippen LogP contribution is 2.35. The molecule has 2 amide bonds. The molecule has 0 spiro atoms. The van der Waals surface area contributed by atoms with Crippen LogP contribution in [-0.2, 0) is 18.0 Å². The molecule has 0 saturated heterocycles. The van der Waals surface area contributed by atoms with Crippen LogP contribution in [-0.4, -0.2) is 50.0 Å². The maximum atomic E-state index is 12.8. The zero-order chi connectivity index (χ0) is 25.9. The predicted molar refractivity (Wildman–Crippen MR) is 119 cm³/mol. The summed E-state index contributed by atoms with van der Waals surface area (Å²) in [6.07, 6.45) is -4.49. The van der Waals surface area contributed by atoms with Gasteiger partial charge in [-0.05, 0) is 31.2 Å². The zero-order valence-electron chi connectivity index (χ0n) is 18.2. The van der Waals surface area contributed by atoms with Gasteiger partial charge in [-0.1, -0.05) is 12.1 Å². The molecule has 0 bridgehead atoms. The number of thiophene rings is 1. The minimum atomic E-state index is -4.49. The largest absolute Gasteiger partial charge is 0.504 e. The second-order valence-electron chi connectivity index (χ2n) is 7.12. The van der Waals surface area contributed by atoms with Crippen molar-refractivity contribution in [2.45, 2.75) is 13.1 Å². The van der Waals surface area contributed by atoms with E-state index in [1.54, 1.807) is 0 Å². The number of aromatic nitrogens is 2. The third-order valence-electron chi connectivity index (χ3n) is 4.63. The van der Waals surface area contributed by atoms with Gasteiger partial charge in [0.2, 0.25) is 0 Å². The first kappa shape index (κ1) is 25.4. The van der Waals surface area contributed by atoms with Crippen LogP contribution in [0.5, 0.6) is 5.75 Å². The number of halogens is 3. The number of carbonyl (C=O) groups excluding carboxylic acids is 2. The van der Waals surface area contributed by atoms with Gasteiger partial charge in [0, 0.05) is 12.6 Å². The van der Waals surface area contributed by atoms with Crippen molar-refractivity contribution in [2.75, 3.05) is 6.54 Å². The number of hydrogen-bond acceptors (Lipinski definition) is 7. The first-order chi connectivity index (χ1) is 16.4. The number of benzene rings is 1. The highest BCUT2D eigenvalue weighted by molar-refractivity contribution is 7.15. The van der Waals surface area contributed by atoms with Crippen molar-refractivity contribution in [3.8, 4) is 17.0 Å². The van der Waals surface area contributed by atoms with Crippen LogP contribution in [0.2, 0.25) is 0 Å². The van der Waals surface area contributed by atoms with E-state index in [1.807, 2.05) is 0 Å². The molecular formula is C21H18F3N5O5S. The maximum Gasteiger partial charge on any atom is 0.416 e. The zero-order valence-corrected chi connectivity index (χ0v) is 19.0. The number of carbonyl (C=O) groups is 3. The minimum Gasteiger partial charge on any atom is -0.504 e. The van der Waals surface area contributed by atoms with Crippen LogP contribution in [0.1, 0.15) is 37.5 Å². The number of nitrogens with one attached hydrogen (secondary N) is 2. The summed E-state index contributed by atoms with van der Waals surface area (Å²) in [4.78, 5) is 35.0. The summed E-state index contributed by atoms with van der Waals surface area (Å²) in [5.41, 5.74) is 2.00. The standard InChI is InChI=1S/C21H18F3N5O5S/c1-10(26-27-20(34)14-8-7-13(35-14)19(33)25-9-15(30)31)16-18(32)17(29(2)28-16)11-3-5-12(6-4-11)21(22,23)24/h3-8,32H,9H2,1-2H3,(H,25,33)(H,27,34)(H,30,31)/b26-10+. The number of hydrogen-bond donors (Lipinski definition) is 4. The fourth-order valence-electron chi connectivity index (χ4n) is 2.96. The van der Waals surface area contributed by atoms with E-state index in [0.29, 0.717) is 5.56 Å². The van der Waals surface area contributed by atoms with Crippen LogP contribution in [0.3, 0.4) is 0 Å². The monoisotopic (exact) mass is 509 g/mol. The molecular weight excluding hydrogens is 491 g/mol. The third kappa shape index (κ3) is 5.84. The van der Waals surface area contributed by atoms with Gasteiger partial charge < -0.3 is 15.5 Å². The molecule has 14 heteroatoms. The molecule has 0 fully saturated rings. The van der Waals surface area contributed by atoms with Crippen LogP contribution >= 0.6 is 11.3 Å². The summed E-state index contributed by atoms with van der Waals surface area (Å²) in [6.45, 7) is 0.891. The minimum absolute atomic E-state index is 0.00242. The van der Waals surface area contributed by atoms with Gasteiger partial charge in [0.25, 0.3) is 11.8 Å². The van der Waals surface area contributed by atoms with Gasteiger partial charge in [0.15, 0.2) is 11.4 Å². The highest BCUT2D eigenvalue weighted by Gasteiger charge is 2.30. The Hall–Kier alpha value is -4.20. The van der Waals surface area contributed by atoms with Crippen LogP contribution in [0.25, 0.3) is 11.3 Å². The summed E-state index contributed by atoms with van der Waals surface area (Å²) in [7, 11) is 1.49. The number of rotatable bonds is 7. The Bertz CT molecular complexity index is 1310. The Balaban J connectivity index is 1.74. The molecule has 3 rings (SSSR count). The Labute approximate surface area is 199 Å². The van der Waals surface area contributed by atoms with E-state index in [2.05, 4.69) is 20.9 Å². The van der Waals surface area contributed by atoms with Crippen LogP contribution in [0.4, 0.5) is 13.2 Å². The van der Waals surface area contributed by atoms with Crippen molar-refractivity contribution in [3.63, 3.8) is 0 Å². The van der Waals surface area contributed by atoms with E-state index >= 15 is 0 Å². The van der Waals surface area contributed by atoms with Gasteiger partial charge in [0.05, 0.1) is 21.0 Å². The molecule has 0 unspecified atom stereocenters. The third-order valence-corrected chi connectivity index (χ3v) is 5.71. The van der Waals surface area contributed by atoms with Crippen molar-refractivity contribution in [1.82, 2.24) is 20.5 Å². The van der Waals surface area contributed by atoms with E-state index < -0.39 is 36.1 Å². The first-order valence-corrected chi connectivity index (χ1v) is 10.6. The van der Waals surface area contributed by atoms with Crippen LogP contribution in [0, 0.1) is 0 Å². The molecule has 10 nitrogen and oxygen atoms in total. The highest BCUT2D eigenvalue weighted by atomic mass is 32.1. The normalized spacial score (nSPS) is 11.9. The molecule has 0 radical (unpaired) electrons. The first-order valence-electron chi connectivity index (χ1n) is 9.77. The van der Waals surface area contributed by atoms with Crippen molar-refractivity contribution in [1.29, 1.82) is 0 Å². The van der Waals surface area contributed by atoms with Crippen molar-refractivity contribution in [2.24, 2.45) is 12.1 Å². The number of nitrogens with zero attached hydrogens (tertiary/aromatic N) is 3. The predicted octanol–water partition coefficient (Wildman–Crippen LogP) is 2.84. The summed E-state index contributed by atoms with van der Waals surface area (Å²) >= 11 is 0.823. The number of aromatic hydroxyl groups is 1. The van der Waals surface area contributed by atoms with Gasteiger partial charge in [-0.3, -0.25) is 19.1 Å². The van der Waals surface area contributed by atoms with E-state index in [0.717, 1.165) is 23.5 Å². The molecule has 2 aromatic heterocycles. The molecule has 2 heterocycles. The number of hydrazone groups is 1. The Morgan fingerprint density at radius 2 is 1.69 bits per heavy atom. The lowest BCUT2D eigenvalue weighted by Crippen LogP contribution is -2.28. The molecule has 35 heavy (non-hydrogen) atoms. The molecule has 0 saturated carbocycles. The second-order valence-corrected chi connectivity index (χ2v) is 8.21. The molecule has 1 aromatic carbocycles. The van der Waals surface area contributed by atoms with Crippen molar-refractivity contribution in [3.05, 3.63) is 57.4 Å². The van der Waals surface area contributed by atoms with Gasteiger partial charge >= 0.3 is 12.1 Å². The van der Waals surface area contributed by atoms with Crippen LogP contribution in [0.15, 0.2) is 41.5 Å². The molecule has 0 aliphatic heterocycles. The van der Waals surface area contributed by atoms with E-state index in [9.17, 15) is 32.7 Å². The maximum absolute atomic E-state index is 12.8. The lowest BCUT2D eigenvalue weighted by molar-refractivity contribution is -0.137. The number of amides is 2. The van der Waals surface area contributed by atoms with E-state index in [-0.39, 0.29) is 32.6 Å². The lowest BCUT2D eigenvalue weighted by atomic mass is 10.1. The topological polar surface area (TPSA) is 146 Å². The van der Waals surface area contributed by atoms with Crippen molar-refractivity contribution >= 4 is 34.8 Å². The smallest absolute Gasteiger partial charge is 0.416 e. The number of aryl methyl sites for hydroxylation is 1. The summed E-state index contributed by atoms with van der Waals surface area (Å²) in [5, 5.41) is 29.4. The van der Waals surface area contributed by atoms with E-state index in [4.69, 9.17) is 5.11 Å². The summed E-state index contributed by atoms with van der Waals surface area (Å²) in [6, 6.07) is 6.91. The molecule has 3 aromatic rings. The second kappa shape index (κ2) is 9.97.